The van der Waals surface area contributed by atoms with Crippen molar-refractivity contribution in [3.8, 4) is 5.75 Å². The topological polar surface area (TPSA) is 35.9 Å². The molecule has 2 aliphatic heterocycles. The number of rotatable bonds is 5. The van der Waals surface area contributed by atoms with Crippen molar-refractivity contribution in [1.29, 1.82) is 0 Å². The van der Waals surface area contributed by atoms with Crippen molar-refractivity contribution in [2.45, 2.75) is 44.8 Å². The van der Waals surface area contributed by atoms with E-state index in [1.807, 2.05) is 6.07 Å². The Morgan fingerprint density at radius 3 is 2.61 bits per heavy atom. The summed E-state index contributed by atoms with van der Waals surface area (Å²) in [5.74, 6) is 0.911. The van der Waals surface area contributed by atoms with Gasteiger partial charge in [-0.3, -0.25) is 4.90 Å². The Morgan fingerprint density at radius 2 is 1.91 bits per heavy atom. The van der Waals surface area contributed by atoms with Gasteiger partial charge < -0.3 is 14.7 Å². The van der Waals surface area contributed by atoms with Crippen LogP contribution in [0, 0.1) is 6.92 Å². The third-order valence-electron chi connectivity index (χ3n) is 5.32. The van der Waals surface area contributed by atoms with Crippen LogP contribution in [0.15, 0.2) is 18.2 Å². The zero-order chi connectivity index (χ0) is 16.3. The van der Waals surface area contributed by atoms with Gasteiger partial charge in [0.2, 0.25) is 0 Å². The molecule has 0 saturated carbocycles. The maximum atomic E-state index is 10.9. The molecule has 2 aliphatic rings. The number of methoxy groups -OCH3 is 1. The standard InChI is InChI=1S/C19H30N2O2/c1-16-12-18(23-2)7-6-17(16)13-21-11-8-19(22,15-21)14-20-9-4-3-5-10-20/h6-7,12,22H,3-5,8-11,13-15H2,1-2H3/t19-/m0/s1. The van der Waals surface area contributed by atoms with Gasteiger partial charge in [-0.25, -0.2) is 0 Å². The zero-order valence-electron chi connectivity index (χ0n) is 14.6. The summed E-state index contributed by atoms with van der Waals surface area (Å²) in [4.78, 5) is 4.84. The van der Waals surface area contributed by atoms with Gasteiger partial charge in [-0.15, -0.1) is 0 Å². The van der Waals surface area contributed by atoms with Gasteiger partial charge in [-0.1, -0.05) is 12.5 Å². The fourth-order valence-corrected chi connectivity index (χ4v) is 3.95. The Bertz CT molecular complexity index is 528. The van der Waals surface area contributed by atoms with Gasteiger partial charge >= 0.3 is 0 Å². The number of nitrogens with zero attached hydrogens (tertiary/aromatic N) is 2. The predicted octanol–water partition coefficient (Wildman–Crippen LogP) is 2.43. The number of benzene rings is 1. The maximum Gasteiger partial charge on any atom is 0.119 e. The van der Waals surface area contributed by atoms with Crippen molar-refractivity contribution in [1.82, 2.24) is 9.80 Å². The van der Waals surface area contributed by atoms with Gasteiger partial charge in [-0.05, 0) is 62.5 Å². The molecule has 1 N–H and O–H groups in total. The van der Waals surface area contributed by atoms with E-state index >= 15 is 0 Å². The fourth-order valence-electron chi connectivity index (χ4n) is 3.95. The van der Waals surface area contributed by atoms with E-state index in [4.69, 9.17) is 4.74 Å². The molecule has 1 aromatic rings. The quantitative estimate of drug-likeness (QED) is 0.904. The molecule has 4 heteroatoms. The zero-order valence-corrected chi connectivity index (χ0v) is 14.6. The fraction of sp³-hybridized carbons (Fsp3) is 0.684. The Kier molecular flexibility index (Phi) is 5.24. The summed E-state index contributed by atoms with van der Waals surface area (Å²) in [5, 5.41) is 10.9. The highest BCUT2D eigenvalue weighted by Crippen LogP contribution is 2.26. The second-order valence-corrected chi connectivity index (χ2v) is 7.31. The number of aryl methyl sites for hydroxylation is 1. The first-order valence-corrected chi connectivity index (χ1v) is 8.89. The molecule has 0 amide bonds. The molecule has 2 fully saturated rings. The number of aliphatic hydroxyl groups is 1. The highest BCUT2D eigenvalue weighted by Gasteiger charge is 2.37. The molecule has 2 heterocycles. The number of likely N-dealkylation sites (tertiary alicyclic amines) is 2. The van der Waals surface area contributed by atoms with Crippen LogP contribution in [-0.2, 0) is 6.54 Å². The molecule has 128 valence electrons. The van der Waals surface area contributed by atoms with Crippen molar-refractivity contribution < 1.29 is 9.84 Å². The Balaban J connectivity index is 1.56. The van der Waals surface area contributed by atoms with E-state index in [2.05, 4.69) is 28.9 Å². The molecule has 0 radical (unpaired) electrons. The van der Waals surface area contributed by atoms with Crippen molar-refractivity contribution in [3.63, 3.8) is 0 Å². The van der Waals surface area contributed by atoms with Gasteiger partial charge in [-0.2, -0.15) is 0 Å². The van der Waals surface area contributed by atoms with E-state index < -0.39 is 5.60 Å². The van der Waals surface area contributed by atoms with Crippen molar-refractivity contribution >= 4 is 0 Å². The van der Waals surface area contributed by atoms with Crippen molar-refractivity contribution in [2.75, 3.05) is 39.8 Å². The maximum absolute atomic E-state index is 10.9. The number of ether oxygens (including phenoxy) is 1. The van der Waals surface area contributed by atoms with Crippen LogP contribution >= 0.6 is 0 Å². The van der Waals surface area contributed by atoms with Crippen LogP contribution in [0.2, 0.25) is 0 Å². The molecule has 23 heavy (non-hydrogen) atoms. The molecule has 1 atom stereocenters. The highest BCUT2D eigenvalue weighted by molar-refractivity contribution is 5.34. The normalized spacial score (nSPS) is 26.6. The van der Waals surface area contributed by atoms with Crippen LogP contribution < -0.4 is 4.74 Å². The van der Waals surface area contributed by atoms with E-state index in [0.717, 1.165) is 51.4 Å². The lowest BCUT2D eigenvalue weighted by molar-refractivity contribution is 0.00633. The molecule has 1 aromatic carbocycles. The van der Waals surface area contributed by atoms with Crippen LogP contribution in [0.25, 0.3) is 0 Å². The molecule has 0 unspecified atom stereocenters. The summed E-state index contributed by atoms with van der Waals surface area (Å²) in [6.07, 6.45) is 4.80. The van der Waals surface area contributed by atoms with Crippen molar-refractivity contribution in [3.05, 3.63) is 29.3 Å². The second kappa shape index (κ2) is 7.20. The third kappa shape index (κ3) is 4.25. The predicted molar refractivity (Wildman–Crippen MR) is 92.9 cm³/mol. The van der Waals surface area contributed by atoms with E-state index in [-0.39, 0.29) is 0 Å². The smallest absolute Gasteiger partial charge is 0.119 e. The first-order valence-electron chi connectivity index (χ1n) is 8.89. The molecule has 3 rings (SSSR count). The van der Waals surface area contributed by atoms with Gasteiger partial charge in [0.05, 0.1) is 12.7 Å². The summed E-state index contributed by atoms with van der Waals surface area (Å²) in [7, 11) is 1.70. The Hall–Kier alpha value is -1.10. The lowest BCUT2D eigenvalue weighted by Crippen LogP contribution is -2.46. The summed E-state index contributed by atoms with van der Waals surface area (Å²) in [6, 6.07) is 6.26. The SMILES string of the molecule is COc1ccc(CN2CC[C@](O)(CN3CCCCC3)C2)c(C)c1. The molecular weight excluding hydrogens is 288 g/mol. The van der Waals surface area contributed by atoms with Gasteiger partial charge in [0, 0.05) is 26.2 Å². The average Bonchev–Trinajstić information content (AvgIpc) is 2.91. The molecular formula is C19H30N2O2. The third-order valence-corrected chi connectivity index (χ3v) is 5.32. The molecule has 0 bridgehead atoms. The number of β-amino-alcohol motifs (C(OH)–C–C–N with tert-alkyl or cyclic N) is 1. The number of piperidine rings is 1. The Morgan fingerprint density at radius 1 is 1.13 bits per heavy atom. The minimum Gasteiger partial charge on any atom is -0.497 e. The molecule has 0 aromatic heterocycles. The number of hydrogen-bond acceptors (Lipinski definition) is 4. The lowest BCUT2D eigenvalue weighted by Gasteiger charge is -2.33. The molecule has 2 saturated heterocycles. The molecule has 4 nitrogen and oxygen atoms in total. The van der Waals surface area contributed by atoms with E-state index in [9.17, 15) is 5.11 Å². The van der Waals surface area contributed by atoms with Crippen LogP contribution in [0.5, 0.6) is 5.75 Å². The second-order valence-electron chi connectivity index (χ2n) is 7.31. The molecule has 0 aliphatic carbocycles. The molecule has 0 spiro atoms. The van der Waals surface area contributed by atoms with Crippen molar-refractivity contribution in [2.24, 2.45) is 0 Å². The van der Waals surface area contributed by atoms with E-state index in [1.165, 1.54) is 30.4 Å². The monoisotopic (exact) mass is 318 g/mol. The summed E-state index contributed by atoms with van der Waals surface area (Å²) in [6.45, 7) is 7.96. The first kappa shape index (κ1) is 16.7. The minimum atomic E-state index is -0.530. The summed E-state index contributed by atoms with van der Waals surface area (Å²) in [5.41, 5.74) is 2.06. The van der Waals surface area contributed by atoms with Crippen LogP contribution in [0.1, 0.15) is 36.8 Å². The van der Waals surface area contributed by atoms with Crippen LogP contribution in [-0.4, -0.2) is 60.3 Å². The largest absolute Gasteiger partial charge is 0.497 e. The van der Waals surface area contributed by atoms with E-state index in [0.29, 0.717) is 0 Å². The van der Waals surface area contributed by atoms with Crippen LogP contribution in [0.4, 0.5) is 0 Å². The van der Waals surface area contributed by atoms with Crippen LogP contribution in [0.3, 0.4) is 0 Å². The van der Waals surface area contributed by atoms with Gasteiger partial charge in [0.15, 0.2) is 0 Å². The van der Waals surface area contributed by atoms with Gasteiger partial charge in [0.25, 0.3) is 0 Å². The van der Waals surface area contributed by atoms with Gasteiger partial charge in [0.1, 0.15) is 5.75 Å². The highest BCUT2D eigenvalue weighted by atomic mass is 16.5. The van der Waals surface area contributed by atoms with E-state index in [1.54, 1.807) is 7.11 Å². The number of hydrogen-bond donors (Lipinski definition) is 1. The first-order chi connectivity index (χ1) is 11.1. The summed E-state index contributed by atoms with van der Waals surface area (Å²) >= 11 is 0. The summed E-state index contributed by atoms with van der Waals surface area (Å²) < 4.78 is 5.28. The average molecular weight is 318 g/mol. The lowest BCUT2D eigenvalue weighted by atomic mass is 10.0. The minimum absolute atomic E-state index is 0.530. The Labute approximate surface area is 140 Å².